The molecule has 0 saturated carbocycles. The van der Waals surface area contributed by atoms with Crippen LogP contribution in [0, 0.1) is 0 Å². The molecular weight excluding hydrogens is 566 g/mol. The van der Waals surface area contributed by atoms with Gasteiger partial charge < -0.3 is 0 Å². The van der Waals surface area contributed by atoms with E-state index < -0.39 is 54.4 Å². The van der Waals surface area contributed by atoms with Crippen LogP contribution in [-0.4, -0.2) is 29.4 Å². The Balaban J connectivity index is 2.37. The van der Waals surface area contributed by atoms with Crippen LogP contribution in [0.25, 0.3) is 0 Å². The van der Waals surface area contributed by atoms with Crippen LogP contribution < -0.4 is 0 Å². The van der Waals surface area contributed by atoms with Gasteiger partial charge >= 0.3 is 33.6 Å². The molecule has 1 N–H and O–H groups in total. The molecule has 0 amide bonds. The fourth-order valence-electron chi connectivity index (χ4n) is 3.13. The van der Waals surface area contributed by atoms with E-state index in [1.54, 1.807) is 0 Å². The topological polar surface area (TPSA) is 46.9 Å². The van der Waals surface area contributed by atoms with Crippen molar-refractivity contribution in [1.82, 2.24) is 0 Å². The van der Waals surface area contributed by atoms with E-state index in [0.717, 1.165) is 24.3 Å². The first-order chi connectivity index (χ1) is 16.9. The van der Waals surface area contributed by atoms with Crippen molar-refractivity contribution in [2.24, 2.45) is 0 Å². The van der Waals surface area contributed by atoms with Crippen molar-refractivity contribution < 1.29 is 56.0 Å². The minimum absolute atomic E-state index is 0.240. The lowest BCUT2D eigenvalue weighted by atomic mass is 10.2. The second kappa shape index (κ2) is 9.51. The molecule has 0 radical (unpaired) electrons. The standard InChI is InChI=1S/C22H14F10O3S2/c23-19(24,25)15-11-13-18(14-12-15)36(16-7-3-1-4-8-16,17-9-5-2-6-10-17)35-37(33,34)22(31,32)20(26,27)21(28,29)30/h1-14H/p+1. The highest BCUT2D eigenvalue weighted by Gasteiger charge is 2.82. The quantitative estimate of drug-likeness (QED) is 0.161. The zero-order valence-corrected chi connectivity index (χ0v) is 19.6. The van der Waals surface area contributed by atoms with E-state index in [1.165, 1.54) is 36.4 Å². The molecule has 0 heterocycles. The van der Waals surface area contributed by atoms with Crippen molar-refractivity contribution in [3.8, 4) is 0 Å². The van der Waals surface area contributed by atoms with E-state index in [-0.39, 0.29) is 9.79 Å². The molecule has 3 rings (SSSR count). The number of hydrogen-bond acceptors (Lipinski definition) is 2. The molecule has 0 saturated heterocycles. The second-order valence-corrected chi connectivity index (χ2v) is 12.0. The van der Waals surface area contributed by atoms with Crippen LogP contribution in [0.4, 0.5) is 43.9 Å². The third-order valence-electron chi connectivity index (χ3n) is 4.95. The Labute approximate surface area is 205 Å². The Hall–Kier alpha value is -2.78. The van der Waals surface area contributed by atoms with E-state index in [1.807, 2.05) is 0 Å². The predicted molar refractivity (Wildman–Crippen MR) is 114 cm³/mol. The van der Waals surface area contributed by atoms with Gasteiger partial charge in [0.2, 0.25) is 0 Å². The lowest BCUT2D eigenvalue weighted by molar-refractivity contribution is -0.333. The molecule has 0 bridgehead atoms. The molecule has 3 nitrogen and oxygen atoms in total. The molecule has 0 fully saturated rings. The van der Waals surface area contributed by atoms with Crippen LogP contribution >= 0.6 is 10.3 Å². The Morgan fingerprint density at radius 3 is 1.27 bits per heavy atom. The average molecular weight is 581 g/mol. The molecule has 3 aromatic rings. The molecule has 0 atom stereocenters. The van der Waals surface area contributed by atoms with E-state index in [0.29, 0.717) is 24.3 Å². The summed E-state index contributed by atoms with van der Waals surface area (Å²) in [7, 11) is -11.1. The molecular formula is C22H15F10O3S2+. The lowest BCUT2D eigenvalue weighted by Crippen LogP contribution is -2.57. The maximum Gasteiger partial charge on any atom is 0.489 e. The zero-order chi connectivity index (χ0) is 27.9. The molecule has 0 unspecified atom stereocenters. The summed E-state index contributed by atoms with van der Waals surface area (Å²) in [6, 6.07) is 14.8. The maximum atomic E-state index is 14.5. The van der Waals surface area contributed by atoms with Gasteiger partial charge in [-0.3, -0.25) is 3.63 Å². The van der Waals surface area contributed by atoms with Crippen molar-refractivity contribution in [1.29, 1.82) is 0 Å². The smallest absolute Gasteiger partial charge is 0.257 e. The Morgan fingerprint density at radius 2 is 0.919 bits per heavy atom. The van der Waals surface area contributed by atoms with Crippen LogP contribution in [-0.2, 0) is 16.3 Å². The van der Waals surface area contributed by atoms with Crippen molar-refractivity contribution in [2.75, 3.05) is 0 Å². The SMILES string of the molecule is O=S(=O)([OH+]S(c1ccccc1)(c1ccccc1)c1ccc(C(F)(F)F)cc1)C(F)(F)C(F)(F)C(F)(F)F. The fourth-order valence-corrected chi connectivity index (χ4v) is 8.61. The number of rotatable bonds is 7. The third-order valence-corrected chi connectivity index (χ3v) is 10.4. The summed E-state index contributed by atoms with van der Waals surface area (Å²) < 4.78 is 163. The molecule has 0 aromatic heterocycles. The highest BCUT2D eigenvalue weighted by molar-refractivity contribution is 8.32. The molecule has 37 heavy (non-hydrogen) atoms. The van der Waals surface area contributed by atoms with Gasteiger partial charge in [-0.25, -0.2) is 0 Å². The fraction of sp³-hybridized carbons (Fsp3) is 0.182. The summed E-state index contributed by atoms with van der Waals surface area (Å²) >= 11 is 0. The first kappa shape index (κ1) is 28.8. The largest absolute Gasteiger partial charge is 0.489 e. The molecule has 0 aliphatic carbocycles. The van der Waals surface area contributed by atoms with Gasteiger partial charge in [0.15, 0.2) is 0 Å². The Morgan fingerprint density at radius 1 is 0.541 bits per heavy atom. The van der Waals surface area contributed by atoms with Gasteiger partial charge in [-0.15, -0.1) is 8.42 Å². The van der Waals surface area contributed by atoms with Crippen LogP contribution in [0.3, 0.4) is 0 Å². The van der Waals surface area contributed by atoms with E-state index in [2.05, 4.69) is 3.63 Å². The molecule has 15 heteroatoms. The van der Waals surface area contributed by atoms with E-state index in [9.17, 15) is 52.3 Å². The Kier molecular flexibility index (Phi) is 7.40. The number of alkyl halides is 10. The molecule has 0 spiro atoms. The summed E-state index contributed by atoms with van der Waals surface area (Å²) in [5, 5.41) is -6.76. The highest BCUT2D eigenvalue weighted by atomic mass is 32.3. The van der Waals surface area contributed by atoms with E-state index >= 15 is 0 Å². The molecule has 3 aromatic carbocycles. The molecule has 202 valence electrons. The van der Waals surface area contributed by atoms with Gasteiger partial charge in [-0.05, 0) is 48.5 Å². The van der Waals surface area contributed by atoms with Crippen molar-refractivity contribution in [3.05, 3.63) is 90.5 Å². The third kappa shape index (κ3) is 5.03. The minimum Gasteiger partial charge on any atom is -0.257 e. The van der Waals surface area contributed by atoms with Crippen LogP contribution in [0.15, 0.2) is 99.6 Å². The van der Waals surface area contributed by atoms with Gasteiger partial charge in [0.05, 0.1) is 30.6 Å². The van der Waals surface area contributed by atoms with Gasteiger partial charge in [-0.2, -0.15) is 43.9 Å². The van der Waals surface area contributed by atoms with Crippen LogP contribution in [0.1, 0.15) is 5.56 Å². The summed E-state index contributed by atoms with van der Waals surface area (Å²) in [5.74, 6) is -7.04. The van der Waals surface area contributed by atoms with Crippen LogP contribution in [0.2, 0.25) is 0 Å². The summed E-state index contributed by atoms with van der Waals surface area (Å²) in [6.07, 6.45) is -11.8. The molecule has 0 aliphatic rings. The number of hydrogen-bond donors (Lipinski definition) is 0. The summed E-state index contributed by atoms with van der Waals surface area (Å²) in [4.78, 5) is -0.932. The maximum absolute atomic E-state index is 14.5. The number of benzene rings is 3. The number of halogens is 10. The van der Waals surface area contributed by atoms with Gasteiger partial charge in [0, 0.05) is 0 Å². The van der Waals surface area contributed by atoms with Gasteiger partial charge in [-0.1, -0.05) is 36.4 Å². The first-order valence-electron chi connectivity index (χ1n) is 9.80. The van der Waals surface area contributed by atoms with Crippen molar-refractivity contribution in [3.63, 3.8) is 0 Å². The van der Waals surface area contributed by atoms with Crippen molar-refractivity contribution >= 4 is 20.4 Å². The summed E-state index contributed by atoms with van der Waals surface area (Å²) in [6.45, 7) is 0. The summed E-state index contributed by atoms with van der Waals surface area (Å²) in [5.41, 5.74) is -1.22. The average Bonchev–Trinajstić information content (AvgIpc) is 2.82. The van der Waals surface area contributed by atoms with Crippen LogP contribution in [0.5, 0.6) is 0 Å². The minimum atomic E-state index is -7.04. The predicted octanol–water partition coefficient (Wildman–Crippen LogP) is 8.12. The van der Waals surface area contributed by atoms with Crippen molar-refractivity contribution in [2.45, 2.75) is 38.2 Å². The van der Waals surface area contributed by atoms with Gasteiger partial charge in [0.1, 0.15) is 0 Å². The highest BCUT2D eigenvalue weighted by Crippen LogP contribution is 2.69. The second-order valence-electron chi connectivity index (χ2n) is 7.37. The first-order valence-corrected chi connectivity index (χ1v) is 12.8. The zero-order valence-electron chi connectivity index (χ0n) is 17.9. The lowest BCUT2D eigenvalue weighted by Gasteiger charge is -2.36. The van der Waals surface area contributed by atoms with Gasteiger partial charge in [0.25, 0.3) is 0 Å². The van der Waals surface area contributed by atoms with E-state index in [4.69, 9.17) is 0 Å². The normalized spacial score (nSPS) is 14.4. The molecule has 0 aliphatic heterocycles. The monoisotopic (exact) mass is 581 g/mol. The Bertz CT molecular complexity index is 1280.